The largest absolute Gasteiger partial charge is 0.483 e. The van der Waals surface area contributed by atoms with E-state index in [1.807, 2.05) is 56.3 Å². The Bertz CT molecular complexity index is 885. The Hall–Kier alpha value is -1.86. The molecule has 168 valence electrons. The Morgan fingerprint density at radius 2 is 1.68 bits per heavy atom. The van der Waals surface area contributed by atoms with Gasteiger partial charge in [0, 0.05) is 17.6 Å². The Labute approximate surface area is 201 Å². The van der Waals surface area contributed by atoms with Crippen molar-refractivity contribution in [2.45, 2.75) is 46.7 Å². The first kappa shape index (κ1) is 25.4. The first-order valence-corrected chi connectivity index (χ1v) is 12.0. The van der Waals surface area contributed by atoms with Crippen LogP contribution in [0.3, 0.4) is 0 Å². The number of nitrogens with zero attached hydrogens (tertiary/aromatic N) is 1. The van der Waals surface area contributed by atoms with Gasteiger partial charge in [-0.05, 0) is 70.6 Å². The van der Waals surface area contributed by atoms with Gasteiger partial charge in [0.1, 0.15) is 11.8 Å². The van der Waals surface area contributed by atoms with Crippen LogP contribution in [0.2, 0.25) is 0 Å². The minimum atomic E-state index is -0.621. The van der Waals surface area contributed by atoms with Crippen molar-refractivity contribution in [3.63, 3.8) is 0 Å². The molecular weight excluding hydrogens is 524 g/mol. The summed E-state index contributed by atoms with van der Waals surface area (Å²) in [4.78, 5) is 27.3. The fourth-order valence-corrected chi connectivity index (χ4v) is 3.73. The van der Waals surface area contributed by atoms with Gasteiger partial charge in [-0.25, -0.2) is 0 Å². The van der Waals surface area contributed by atoms with Gasteiger partial charge >= 0.3 is 0 Å². The van der Waals surface area contributed by atoms with Gasteiger partial charge in [0.15, 0.2) is 6.61 Å². The zero-order valence-corrected chi connectivity index (χ0v) is 21.6. The molecule has 0 saturated carbocycles. The van der Waals surface area contributed by atoms with E-state index in [0.29, 0.717) is 24.8 Å². The fourth-order valence-electron chi connectivity index (χ4n) is 2.93. The van der Waals surface area contributed by atoms with E-state index in [1.165, 1.54) is 5.56 Å². The number of benzene rings is 2. The van der Waals surface area contributed by atoms with Crippen molar-refractivity contribution in [2.24, 2.45) is 5.92 Å². The van der Waals surface area contributed by atoms with Crippen molar-refractivity contribution in [1.29, 1.82) is 0 Å². The molecule has 0 aromatic heterocycles. The molecule has 0 heterocycles. The third kappa shape index (κ3) is 7.96. The van der Waals surface area contributed by atoms with E-state index in [4.69, 9.17) is 4.74 Å². The van der Waals surface area contributed by atoms with E-state index in [-0.39, 0.29) is 18.4 Å². The second kappa shape index (κ2) is 12.2. The molecule has 2 aromatic carbocycles. The van der Waals surface area contributed by atoms with Crippen molar-refractivity contribution in [1.82, 2.24) is 10.2 Å². The smallest absolute Gasteiger partial charge is 0.261 e. The monoisotopic (exact) mass is 552 g/mol. The summed E-state index contributed by atoms with van der Waals surface area (Å²) in [5.74, 6) is 0.513. The lowest BCUT2D eigenvalue weighted by molar-refractivity contribution is -0.142. The Kier molecular flexibility index (Phi) is 10.0. The first-order chi connectivity index (χ1) is 14.7. The summed E-state index contributed by atoms with van der Waals surface area (Å²) in [5, 5.41) is 2.92. The van der Waals surface area contributed by atoms with Gasteiger partial charge < -0.3 is 15.0 Å². The topological polar surface area (TPSA) is 58.6 Å². The molecular formula is C24H30Br2N2O3. The number of carbonyl (C=O) groups excluding carboxylic acids is 2. The maximum absolute atomic E-state index is 13.1. The molecule has 0 radical (unpaired) electrons. The minimum absolute atomic E-state index is 0.150. The Morgan fingerprint density at radius 1 is 1.03 bits per heavy atom. The summed E-state index contributed by atoms with van der Waals surface area (Å²) in [5.41, 5.74) is 2.12. The predicted octanol–water partition coefficient (Wildman–Crippen LogP) is 5.34. The highest BCUT2D eigenvalue weighted by atomic mass is 79.9. The standard InChI is InChI=1S/C24H30Br2N2O3/c1-5-18-8-11-22(21(26)12-18)31-15-23(29)28(14-19-6-9-20(25)10-7-19)17(4)24(30)27-13-16(2)3/h6-12,16-17H,5,13-15H2,1-4H3,(H,27,30)/t17-/m1/s1. The molecule has 5 nitrogen and oxygen atoms in total. The number of amides is 2. The van der Waals surface area contributed by atoms with Gasteiger partial charge in [0.2, 0.25) is 5.91 Å². The second-order valence-corrected chi connectivity index (χ2v) is 9.64. The van der Waals surface area contributed by atoms with Gasteiger partial charge in [0.25, 0.3) is 5.91 Å². The molecule has 0 fully saturated rings. The number of ether oxygens (including phenoxy) is 1. The molecule has 0 bridgehead atoms. The maximum Gasteiger partial charge on any atom is 0.261 e. The minimum Gasteiger partial charge on any atom is -0.483 e. The van der Waals surface area contributed by atoms with E-state index in [1.54, 1.807) is 11.8 Å². The zero-order chi connectivity index (χ0) is 23.0. The molecule has 2 rings (SSSR count). The van der Waals surface area contributed by atoms with E-state index >= 15 is 0 Å². The number of hydrogen-bond acceptors (Lipinski definition) is 3. The Balaban J connectivity index is 2.14. The molecule has 0 unspecified atom stereocenters. The fraction of sp³-hybridized carbons (Fsp3) is 0.417. The van der Waals surface area contributed by atoms with Gasteiger partial charge in [0.05, 0.1) is 4.47 Å². The normalized spacial score (nSPS) is 11.8. The zero-order valence-electron chi connectivity index (χ0n) is 18.5. The van der Waals surface area contributed by atoms with Gasteiger partial charge in [-0.1, -0.05) is 54.9 Å². The number of hydrogen-bond donors (Lipinski definition) is 1. The van der Waals surface area contributed by atoms with E-state index in [0.717, 1.165) is 20.9 Å². The van der Waals surface area contributed by atoms with Crippen molar-refractivity contribution in [3.05, 3.63) is 62.5 Å². The summed E-state index contributed by atoms with van der Waals surface area (Å²) >= 11 is 6.93. The van der Waals surface area contributed by atoms with Crippen LogP contribution in [0.4, 0.5) is 0 Å². The van der Waals surface area contributed by atoms with Crippen molar-refractivity contribution in [2.75, 3.05) is 13.2 Å². The quantitative estimate of drug-likeness (QED) is 0.432. The molecule has 0 spiro atoms. The van der Waals surface area contributed by atoms with Crippen molar-refractivity contribution >= 4 is 43.7 Å². The molecule has 1 atom stereocenters. The van der Waals surface area contributed by atoms with Crippen molar-refractivity contribution < 1.29 is 14.3 Å². The van der Waals surface area contributed by atoms with E-state index in [9.17, 15) is 9.59 Å². The van der Waals surface area contributed by atoms with Crippen LogP contribution in [-0.4, -0.2) is 35.9 Å². The third-order valence-corrected chi connectivity index (χ3v) is 6.02. The Morgan fingerprint density at radius 3 is 2.26 bits per heavy atom. The predicted molar refractivity (Wildman–Crippen MR) is 131 cm³/mol. The number of halogens is 2. The number of aryl methyl sites for hydroxylation is 1. The summed E-state index contributed by atoms with van der Waals surface area (Å²) in [6, 6.07) is 12.9. The SMILES string of the molecule is CCc1ccc(OCC(=O)N(Cc2ccc(Br)cc2)[C@H](C)C(=O)NCC(C)C)c(Br)c1. The summed E-state index contributed by atoms with van der Waals surface area (Å²) < 4.78 is 7.55. The first-order valence-electron chi connectivity index (χ1n) is 10.4. The molecule has 1 N–H and O–H groups in total. The summed E-state index contributed by atoms with van der Waals surface area (Å²) in [6.07, 6.45) is 0.918. The van der Waals surface area contributed by atoms with Crippen molar-refractivity contribution in [3.8, 4) is 5.75 Å². The molecule has 0 aliphatic rings. The van der Waals surface area contributed by atoms with Gasteiger partial charge in [-0.2, -0.15) is 0 Å². The average Bonchev–Trinajstić information content (AvgIpc) is 2.75. The van der Waals surface area contributed by atoms with E-state index < -0.39 is 6.04 Å². The van der Waals surface area contributed by atoms with Gasteiger partial charge in [-0.15, -0.1) is 0 Å². The third-order valence-electron chi connectivity index (χ3n) is 4.87. The lowest BCUT2D eigenvalue weighted by Crippen LogP contribution is -2.49. The average molecular weight is 554 g/mol. The summed E-state index contributed by atoms with van der Waals surface area (Å²) in [6.45, 7) is 8.63. The highest BCUT2D eigenvalue weighted by Gasteiger charge is 2.26. The lowest BCUT2D eigenvalue weighted by Gasteiger charge is -2.29. The molecule has 2 amide bonds. The van der Waals surface area contributed by atoms with Gasteiger partial charge in [-0.3, -0.25) is 9.59 Å². The second-order valence-electron chi connectivity index (χ2n) is 7.87. The molecule has 0 saturated heterocycles. The number of nitrogens with one attached hydrogen (secondary N) is 1. The molecule has 7 heteroatoms. The van der Waals surface area contributed by atoms with E-state index in [2.05, 4.69) is 44.1 Å². The van der Waals surface area contributed by atoms with Crippen LogP contribution < -0.4 is 10.1 Å². The van der Waals surface area contributed by atoms with Crippen LogP contribution in [0.5, 0.6) is 5.75 Å². The van der Waals surface area contributed by atoms with Crippen LogP contribution in [0.1, 0.15) is 38.8 Å². The summed E-state index contributed by atoms with van der Waals surface area (Å²) in [7, 11) is 0. The molecule has 0 aliphatic heterocycles. The molecule has 2 aromatic rings. The number of rotatable bonds is 10. The van der Waals surface area contributed by atoms with Crippen LogP contribution in [0.25, 0.3) is 0 Å². The lowest BCUT2D eigenvalue weighted by atomic mass is 10.1. The molecule has 0 aliphatic carbocycles. The highest BCUT2D eigenvalue weighted by Crippen LogP contribution is 2.26. The van der Waals surface area contributed by atoms with Crippen LogP contribution >= 0.6 is 31.9 Å². The maximum atomic E-state index is 13.1. The molecule has 31 heavy (non-hydrogen) atoms. The van der Waals surface area contributed by atoms with Crippen LogP contribution in [0, 0.1) is 5.92 Å². The number of carbonyl (C=O) groups is 2. The van der Waals surface area contributed by atoms with Crippen LogP contribution in [0.15, 0.2) is 51.4 Å². The van der Waals surface area contributed by atoms with Crippen LogP contribution in [-0.2, 0) is 22.6 Å². The highest BCUT2D eigenvalue weighted by molar-refractivity contribution is 9.10.